The number of benzene rings is 1. The van der Waals surface area contributed by atoms with Crippen LogP contribution < -0.4 is 10.1 Å². The summed E-state index contributed by atoms with van der Waals surface area (Å²) >= 11 is 0. The Kier molecular flexibility index (Phi) is 3.71. The number of piperidine rings is 1. The summed E-state index contributed by atoms with van der Waals surface area (Å²) in [7, 11) is 3.79. The SMILES string of the molecule is COc1ccc([N+](=O)[O-])cc1NC1CC2CCC(C1)N2C. The molecule has 0 spiro atoms. The molecule has 1 N–H and O–H groups in total. The van der Waals surface area contributed by atoms with Gasteiger partial charge in [-0.25, -0.2) is 0 Å². The van der Waals surface area contributed by atoms with Gasteiger partial charge in [-0.3, -0.25) is 10.1 Å². The molecule has 2 heterocycles. The normalized spacial score (nSPS) is 28.4. The van der Waals surface area contributed by atoms with Crippen LogP contribution in [0.4, 0.5) is 11.4 Å². The molecule has 3 rings (SSSR count). The van der Waals surface area contributed by atoms with Crippen molar-refractivity contribution in [3.63, 3.8) is 0 Å². The number of fused-ring (bicyclic) bond motifs is 2. The maximum Gasteiger partial charge on any atom is 0.271 e. The van der Waals surface area contributed by atoms with Gasteiger partial charge in [0.15, 0.2) is 0 Å². The van der Waals surface area contributed by atoms with Crippen LogP contribution in [0, 0.1) is 10.1 Å². The third kappa shape index (κ3) is 2.68. The second-order valence-electron chi connectivity index (χ2n) is 6.00. The Morgan fingerprint density at radius 1 is 1.33 bits per heavy atom. The van der Waals surface area contributed by atoms with E-state index in [1.54, 1.807) is 19.2 Å². The Bertz CT molecular complexity index is 535. The predicted octanol–water partition coefficient (Wildman–Crippen LogP) is 2.64. The van der Waals surface area contributed by atoms with Crippen molar-refractivity contribution in [2.24, 2.45) is 0 Å². The largest absolute Gasteiger partial charge is 0.495 e. The van der Waals surface area contributed by atoms with Gasteiger partial charge in [0.1, 0.15) is 5.75 Å². The molecule has 2 atom stereocenters. The highest BCUT2D eigenvalue weighted by Gasteiger charge is 2.38. The zero-order valence-corrected chi connectivity index (χ0v) is 12.4. The Labute approximate surface area is 124 Å². The lowest BCUT2D eigenvalue weighted by Gasteiger charge is -2.37. The van der Waals surface area contributed by atoms with Crippen LogP contribution in [-0.4, -0.2) is 42.1 Å². The predicted molar refractivity (Wildman–Crippen MR) is 80.9 cm³/mol. The van der Waals surface area contributed by atoms with Crippen LogP contribution in [0.5, 0.6) is 5.75 Å². The van der Waals surface area contributed by atoms with Crippen molar-refractivity contribution in [3.8, 4) is 5.75 Å². The molecule has 2 aliphatic heterocycles. The monoisotopic (exact) mass is 291 g/mol. The van der Waals surface area contributed by atoms with E-state index < -0.39 is 0 Å². The molecule has 1 aromatic carbocycles. The van der Waals surface area contributed by atoms with E-state index in [-0.39, 0.29) is 10.6 Å². The van der Waals surface area contributed by atoms with Gasteiger partial charge in [0.2, 0.25) is 0 Å². The van der Waals surface area contributed by atoms with Gasteiger partial charge in [-0.05, 0) is 38.8 Å². The fourth-order valence-electron chi connectivity index (χ4n) is 3.67. The van der Waals surface area contributed by atoms with Gasteiger partial charge in [0.05, 0.1) is 17.7 Å². The molecule has 0 aromatic heterocycles. The lowest BCUT2D eigenvalue weighted by atomic mass is 9.97. The number of non-ortho nitro benzene ring substituents is 1. The van der Waals surface area contributed by atoms with Gasteiger partial charge in [0, 0.05) is 30.3 Å². The highest BCUT2D eigenvalue weighted by atomic mass is 16.6. The minimum atomic E-state index is -0.372. The molecule has 21 heavy (non-hydrogen) atoms. The summed E-state index contributed by atoms with van der Waals surface area (Å²) in [5.41, 5.74) is 0.815. The first-order valence-corrected chi connectivity index (χ1v) is 7.39. The summed E-state index contributed by atoms with van der Waals surface area (Å²) in [6, 6.07) is 6.32. The number of nitrogens with one attached hydrogen (secondary N) is 1. The highest BCUT2D eigenvalue weighted by Crippen LogP contribution is 2.37. The standard InChI is InChI=1S/C15H21N3O3/c1-17-11-3-4-12(17)8-10(7-11)16-14-9-13(18(19)20)5-6-15(14)21-2/h5-6,9-12,16H,3-4,7-8H2,1-2H3. The summed E-state index contributed by atoms with van der Waals surface area (Å²) in [6.45, 7) is 0. The van der Waals surface area contributed by atoms with Crippen molar-refractivity contribution in [1.29, 1.82) is 0 Å². The zero-order valence-electron chi connectivity index (χ0n) is 12.4. The molecule has 6 nitrogen and oxygen atoms in total. The molecule has 1 aromatic rings. The number of anilines is 1. The number of ether oxygens (including phenoxy) is 1. The molecule has 0 aliphatic carbocycles. The molecule has 0 amide bonds. The molecule has 2 fully saturated rings. The first-order valence-electron chi connectivity index (χ1n) is 7.39. The van der Waals surface area contributed by atoms with Crippen LogP contribution in [0.25, 0.3) is 0 Å². The summed E-state index contributed by atoms with van der Waals surface area (Å²) in [4.78, 5) is 13.0. The van der Waals surface area contributed by atoms with Crippen molar-refractivity contribution < 1.29 is 9.66 Å². The smallest absolute Gasteiger partial charge is 0.271 e. The summed E-state index contributed by atoms with van der Waals surface area (Å²) in [5.74, 6) is 0.659. The molecule has 2 aliphatic rings. The fourth-order valence-corrected chi connectivity index (χ4v) is 3.67. The van der Waals surface area contributed by atoms with E-state index in [2.05, 4.69) is 17.3 Å². The van der Waals surface area contributed by atoms with Crippen molar-refractivity contribution in [2.75, 3.05) is 19.5 Å². The topological polar surface area (TPSA) is 67.6 Å². The third-order valence-corrected chi connectivity index (χ3v) is 4.85. The number of nitrogens with zero attached hydrogens (tertiary/aromatic N) is 2. The number of rotatable bonds is 4. The Balaban J connectivity index is 1.78. The highest BCUT2D eigenvalue weighted by molar-refractivity contribution is 5.62. The molecule has 2 unspecified atom stereocenters. The molecule has 114 valence electrons. The van der Waals surface area contributed by atoms with Gasteiger partial charge < -0.3 is 15.0 Å². The number of hydrogen-bond donors (Lipinski definition) is 1. The minimum absolute atomic E-state index is 0.0919. The lowest BCUT2D eigenvalue weighted by Crippen LogP contribution is -2.44. The quantitative estimate of drug-likeness (QED) is 0.682. The molecule has 0 saturated carbocycles. The van der Waals surface area contributed by atoms with E-state index in [0.717, 1.165) is 18.5 Å². The maximum absolute atomic E-state index is 10.9. The van der Waals surface area contributed by atoms with Gasteiger partial charge in [0.25, 0.3) is 5.69 Å². The minimum Gasteiger partial charge on any atom is -0.495 e. The molecule has 0 radical (unpaired) electrons. The van der Waals surface area contributed by atoms with E-state index in [0.29, 0.717) is 23.9 Å². The van der Waals surface area contributed by atoms with E-state index in [1.165, 1.54) is 18.9 Å². The molecule has 6 heteroatoms. The van der Waals surface area contributed by atoms with Gasteiger partial charge >= 0.3 is 0 Å². The average Bonchev–Trinajstić information content (AvgIpc) is 2.69. The number of nitro groups is 1. The van der Waals surface area contributed by atoms with Crippen LogP contribution in [-0.2, 0) is 0 Å². The van der Waals surface area contributed by atoms with Crippen LogP contribution in [0.2, 0.25) is 0 Å². The molecular formula is C15H21N3O3. The van der Waals surface area contributed by atoms with E-state index in [4.69, 9.17) is 4.74 Å². The molecular weight excluding hydrogens is 270 g/mol. The van der Waals surface area contributed by atoms with Gasteiger partial charge in [-0.15, -0.1) is 0 Å². The van der Waals surface area contributed by atoms with Crippen LogP contribution in [0.3, 0.4) is 0 Å². The lowest BCUT2D eigenvalue weighted by molar-refractivity contribution is -0.384. The summed E-state index contributed by atoms with van der Waals surface area (Å²) in [5, 5.41) is 14.4. The van der Waals surface area contributed by atoms with Crippen LogP contribution in [0.1, 0.15) is 25.7 Å². The molecule has 2 saturated heterocycles. The van der Waals surface area contributed by atoms with Gasteiger partial charge in [-0.1, -0.05) is 0 Å². The average molecular weight is 291 g/mol. The number of hydrogen-bond acceptors (Lipinski definition) is 5. The summed E-state index contributed by atoms with van der Waals surface area (Å²) < 4.78 is 5.32. The Morgan fingerprint density at radius 3 is 2.57 bits per heavy atom. The Hall–Kier alpha value is -1.82. The zero-order chi connectivity index (χ0) is 15.0. The second-order valence-corrected chi connectivity index (χ2v) is 6.00. The first-order chi connectivity index (χ1) is 10.1. The van der Waals surface area contributed by atoms with Crippen molar-refractivity contribution >= 4 is 11.4 Å². The number of methoxy groups -OCH3 is 1. The maximum atomic E-state index is 10.9. The van der Waals surface area contributed by atoms with Crippen molar-refractivity contribution in [1.82, 2.24) is 4.90 Å². The van der Waals surface area contributed by atoms with E-state index in [1.807, 2.05) is 0 Å². The molecule has 2 bridgehead atoms. The van der Waals surface area contributed by atoms with Crippen molar-refractivity contribution in [2.45, 2.75) is 43.8 Å². The fraction of sp³-hybridized carbons (Fsp3) is 0.600. The summed E-state index contributed by atoms with van der Waals surface area (Å²) in [6.07, 6.45) is 4.68. The first kappa shape index (κ1) is 14.1. The Morgan fingerprint density at radius 2 is 2.00 bits per heavy atom. The van der Waals surface area contributed by atoms with Crippen LogP contribution in [0.15, 0.2) is 18.2 Å². The second kappa shape index (κ2) is 5.52. The van der Waals surface area contributed by atoms with E-state index >= 15 is 0 Å². The van der Waals surface area contributed by atoms with Crippen LogP contribution >= 0.6 is 0 Å². The van der Waals surface area contributed by atoms with Gasteiger partial charge in [-0.2, -0.15) is 0 Å². The third-order valence-electron chi connectivity index (χ3n) is 4.85. The van der Waals surface area contributed by atoms with Crippen molar-refractivity contribution in [3.05, 3.63) is 28.3 Å². The van der Waals surface area contributed by atoms with E-state index in [9.17, 15) is 10.1 Å². The number of nitro benzene ring substituents is 1.